The van der Waals surface area contributed by atoms with Gasteiger partial charge in [0.05, 0.1) is 6.54 Å². The van der Waals surface area contributed by atoms with Gasteiger partial charge in [-0.3, -0.25) is 4.79 Å². The van der Waals surface area contributed by atoms with E-state index in [1.807, 2.05) is 30.3 Å². The van der Waals surface area contributed by atoms with E-state index in [4.69, 9.17) is 14.2 Å². The predicted octanol–water partition coefficient (Wildman–Crippen LogP) is 2.93. The van der Waals surface area contributed by atoms with Crippen molar-refractivity contribution in [3.05, 3.63) is 54.1 Å². The first kappa shape index (κ1) is 16.2. The Bertz CT molecular complexity index is 672. The van der Waals surface area contributed by atoms with E-state index >= 15 is 0 Å². The monoisotopic (exact) mass is 327 g/mol. The van der Waals surface area contributed by atoms with E-state index in [-0.39, 0.29) is 12.7 Å². The van der Waals surface area contributed by atoms with Gasteiger partial charge >= 0.3 is 0 Å². The predicted molar refractivity (Wildman–Crippen MR) is 90.4 cm³/mol. The van der Waals surface area contributed by atoms with Gasteiger partial charge in [-0.05, 0) is 30.5 Å². The number of benzene rings is 2. The van der Waals surface area contributed by atoms with Crippen molar-refractivity contribution < 1.29 is 19.0 Å². The molecule has 24 heavy (non-hydrogen) atoms. The fourth-order valence-corrected chi connectivity index (χ4v) is 2.51. The van der Waals surface area contributed by atoms with Gasteiger partial charge < -0.3 is 19.5 Å². The maximum atomic E-state index is 11.8. The SMILES string of the molecule is O=C(CCCc1ccccc1)NCCOc1ccc2c(c1)OCO2. The molecule has 0 fully saturated rings. The van der Waals surface area contributed by atoms with Gasteiger partial charge in [0, 0.05) is 12.5 Å². The number of amides is 1. The third kappa shape index (κ3) is 4.65. The van der Waals surface area contributed by atoms with E-state index < -0.39 is 0 Å². The summed E-state index contributed by atoms with van der Waals surface area (Å²) in [6, 6.07) is 15.6. The lowest BCUT2D eigenvalue weighted by atomic mass is 10.1. The molecule has 1 heterocycles. The molecule has 0 spiro atoms. The molecule has 0 aliphatic carbocycles. The Morgan fingerprint density at radius 2 is 1.92 bits per heavy atom. The summed E-state index contributed by atoms with van der Waals surface area (Å²) in [6.45, 7) is 1.15. The van der Waals surface area contributed by atoms with Gasteiger partial charge in [0.25, 0.3) is 0 Å². The second-order valence-electron chi connectivity index (χ2n) is 5.55. The Labute approximate surface area is 141 Å². The van der Waals surface area contributed by atoms with E-state index in [9.17, 15) is 4.79 Å². The van der Waals surface area contributed by atoms with Crippen LogP contribution in [0.2, 0.25) is 0 Å². The van der Waals surface area contributed by atoms with E-state index in [0.29, 0.717) is 31.1 Å². The van der Waals surface area contributed by atoms with Crippen molar-refractivity contribution in [2.24, 2.45) is 0 Å². The van der Waals surface area contributed by atoms with Crippen molar-refractivity contribution in [3.63, 3.8) is 0 Å². The third-order valence-corrected chi connectivity index (χ3v) is 3.75. The van der Waals surface area contributed by atoms with Gasteiger partial charge in [-0.1, -0.05) is 30.3 Å². The summed E-state index contributed by atoms with van der Waals surface area (Å²) in [4.78, 5) is 11.8. The van der Waals surface area contributed by atoms with E-state index in [1.165, 1.54) is 5.56 Å². The van der Waals surface area contributed by atoms with Crippen LogP contribution in [-0.2, 0) is 11.2 Å². The standard InChI is InChI=1S/C19H21NO4/c21-19(8-4-7-15-5-2-1-3-6-15)20-11-12-22-16-9-10-17-18(13-16)24-14-23-17/h1-3,5-6,9-10,13H,4,7-8,11-12,14H2,(H,20,21). The minimum Gasteiger partial charge on any atom is -0.492 e. The maximum Gasteiger partial charge on any atom is 0.231 e. The van der Waals surface area contributed by atoms with Crippen molar-refractivity contribution in [2.75, 3.05) is 19.9 Å². The highest BCUT2D eigenvalue weighted by Gasteiger charge is 2.13. The topological polar surface area (TPSA) is 56.8 Å². The first-order valence-corrected chi connectivity index (χ1v) is 8.14. The lowest BCUT2D eigenvalue weighted by molar-refractivity contribution is -0.121. The second kappa shape index (κ2) is 8.24. The third-order valence-electron chi connectivity index (χ3n) is 3.75. The quantitative estimate of drug-likeness (QED) is 0.758. The van der Waals surface area contributed by atoms with Crippen LogP contribution >= 0.6 is 0 Å². The van der Waals surface area contributed by atoms with Gasteiger partial charge in [0.1, 0.15) is 12.4 Å². The van der Waals surface area contributed by atoms with E-state index in [1.54, 1.807) is 6.07 Å². The number of carbonyl (C=O) groups excluding carboxylic acids is 1. The number of aryl methyl sites for hydroxylation is 1. The van der Waals surface area contributed by atoms with Gasteiger partial charge in [-0.15, -0.1) is 0 Å². The number of hydrogen-bond donors (Lipinski definition) is 1. The molecule has 0 atom stereocenters. The number of rotatable bonds is 8. The fraction of sp³-hybridized carbons (Fsp3) is 0.316. The first-order chi connectivity index (χ1) is 11.8. The molecule has 1 aliphatic rings. The summed E-state index contributed by atoms with van der Waals surface area (Å²) in [5.41, 5.74) is 1.26. The van der Waals surface area contributed by atoms with Crippen LogP contribution in [0.3, 0.4) is 0 Å². The summed E-state index contributed by atoms with van der Waals surface area (Å²) >= 11 is 0. The molecule has 1 aliphatic heterocycles. The highest BCUT2D eigenvalue weighted by atomic mass is 16.7. The molecule has 0 aromatic heterocycles. The fourth-order valence-electron chi connectivity index (χ4n) is 2.51. The summed E-state index contributed by atoms with van der Waals surface area (Å²) in [7, 11) is 0. The van der Waals surface area contributed by atoms with Gasteiger partial charge in [-0.25, -0.2) is 0 Å². The minimum atomic E-state index is 0.0558. The normalized spacial score (nSPS) is 12.0. The van der Waals surface area contributed by atoms with Crippen LogP contribution in [0, 0.1) is 0 Å². The Morgan fingerprint density at radius 1 is 1.08 bits per heavy atom. The lowest BCUT2D eigenvalue weighted by Crippen LogP contribution is -2.27. The van der Waals surface area contributed by atoms with Crippen LogP contribution in [0.5, 0.6) is 17.2 Å². The van der Waals surface area contributed by atoms with Crippen LogP contribution in [0.15, 0.2) is 48.5 Å². The molecule has 0 bridgehead atoms. The highest BCUT2D eigenvalue weighted by molar-refractivity contribution is 5.75. The molecule has 1 amide bonds. The largest absolute Gasteiger partial charge is 0.492 e. The number of fused-ring (bicyclic) bond motifs is 1. The molecule has 0 unspecified atom stereocenters. The average Bonchev–Trinajstić information content (AvgIpc) is 3.07. The van der Waals surface area contributed by atoms with Crippen molar-refractivity contribution >= 4 is 5.91 Å². The Morgan fingerprint density at radius 3 is 2.79 bits per heavy atom. The summed E-state index contributed by atoms with van der Waals surface area (Å²) in [5, 5.41) is 2.87. The zero-order chi connectivity index (χ0) is 16.6. The molecule has 5 heteroatoms. The Kier molecular flexibility index (Phi) is 5.56. The molecule has 126 valence electrons. The first-order valence-electron chi connectivity index (χ1n) is 8.14. The number of carbonyl (C=O) groups is 1. The van der Waals surface area contributed by atoms with Crippen LogP contribution in [-0.4, -0.2) is 25.9 Å². The average molecular weight is 327 g/mol. The molecule has 3 rings (SSSR count). The molecular weight excluding hydrogens is 306 g/mol. The summed E-state index contributed by atoms with van der Waals surface area (Å²) < 4.78 is 16.1. The van der Waals surface area contributed by atoms with Crippen LogP contribution in [0.25, 0.3) is 0 Å². The van der Waals surface area contributed by atoms with Crippen molar-refractivity contribution in [3.8, 4) is 17.2 Å². The van der Waals surface area contributed by atoms with Crippen LogP contribution in [0.4, 0.5) is 0 Å². The highest BCUT2D eigenvalue weighted by Crippen LogP contribution is 2.34. The number of ether oxygens (including phenoxy) is 3. The zero-order valence-electron chi connectivity index (χ0n) is 13.5. The molecule has 5 nitrogen and oxygen atoms in total. The minimum absolute atomic E-state index is 0.0558. The van der Waals surface area contributed by atoms with E-state index in [2.05, 4.69) is 17.4 Å². The molecule has 0 saturated heterocycles. The Hall–Kier alpha value is -2.69. The van der Waals surface area contributed by atoms with Crippen molar-refractivity contribution in [1.29, 1.82) is 0 Å². The van der Waals surface area contributed by atoms with Gasteiger partial charge in [0.15, 0.2) is 11.5 Å². The molecule has 0 saturated carbocycles. The van der Waals surface area contributed by atoms with Crippen molar-refractivity contribution in [2.45, 2.75) is 19.3 Å². The molecule has 1 N–H and O–H groups in total. The second-order valence-corrected chi connectivity index (χ2v) is 5.55. The number of hydrogen-bond acceptors (Lipinski definition) is 4. The molecule has 2 aromatic carbocycles. The van der Waals surface area contributed by atoms with Gasteiger partial charge in [0.2, 0.25) is 12.7 Å². The lowest BCUT2D eigenvalue weighted by Gasteiger charge is -2.08. The molecular formula is C19H21NO4. The van der Waals surface area contributed by atoms with Crippen molar-refractivity contribution in [1.82, 2.24) is 5.32 Å². The Balaban J connectivity index is 1.29. The molecule has 2 aromatic rings. The van der Waals surface area contributed by atoms with E-state index in [0.717, 1.165) is 18.6 Å². The number of nitrogens with one attached hydrogen (secondary N) is 1. The maximum absolute atomic E-state index is 11.8. The van der Waals surface area contributed by atoms with Gasteiger partial charge in [-0.2, -0.15) is 0 Å². The zero-order valence-corrected chi connectivity index (χ0v) is 13.5. The smallest absolute Gasteiger partial charge is 0.231 e. The molecule has 0 radical (unpaired) electrons. The summed E-state index contributed by atoms with van der Waals surface area (Å²) in [5.74, 6) is 2.18. The van der Waals surface area contributed by atoms with Crippen LogP contribution in [0.1, 0.15) is 18.4 Å². The van der Waals surface area contributed by atoms with Crippen LogP contribution < -0.4 is 19.5 Å². The summed E-state index contributed by atoms with van der Waals surface area (Å²) in [6.07, 6.45) is 2.29.